The van der Waals surface area contributed by atoms with Crippen LogP contribution in [0.3, 0.4) is 0 Å². The average molecular weight is 601 g/mol. The molecule has 2 aromatic carbocycles. The van der Waals surface area contributed by atoms with E-state index in [1.807, 2.05) is 17.7 Å². The second kappa shape index (κ2) is 14.5. The van der Waals surface area contributed by atoms with E-state index < -0.39 is 11.9 Å². The van der Waals surface area contributed by atoms with Crippen molar-refractivity contribution in [2.24, 2.45) is 17.9 Å². The Bertz CT molecular complexity index is 1710. The third-order valence-electron chi connectivity index (χ3n) is 6.66. The van der Waals surface area contributed by atoms with Gasteiger partial charge >= 0.3 is 17.9 Å². The molecule has 0 spiro atoms. The molecule has 0 unspecified atom stereocenters. The Balaban J connectivity index is 1.41. The fourth-order valence-corrected chi connectivity index (χ4v) is 4.35. The largest absolute Gasteiger partial charge is 0.481 e. The first-order chi connectivity index (χ1) is 21.2. The molecule has 2 aromatic heterocycles. The minimum absolute atomic E-state index is 0.0293. The maximum Gasteiger partial charge on any atom is 0.335 e. The third-order valence-corrected chi connectivity index (χ3v) is 6.66. The lowest BCUT2D eigenvalue weighted by Crippen LogP contribution is -2.15. The number of nitrogens with zero attached hydrogens (tertiary/aromatic N) is 4. The predicted octanol–water partition coefficient (Wildman–Crippen LogP) is 3.34. The van der Waals surface area contributed by atoms with Gasteiger partial charge in [0.05, 0.1) is 49.1 Å². The number of ketones is 1. The first kappa shape index (κ1) is 31.3. The molecule has 0 bridgehead atoms. The third kappa shape index (κ3) is 8.03. The first-order valence-corrected chi connectivity index (χ1v) is 13.8. The summed E-state index contributed by atoms with van der Waals surface area (Å²) in [6.45, 7) is 2.43. The standard InChI is InChI=1S/C31H32N6O7/c1-3-43-28(40)14-11-23-22(5-4-16-33-23)30(42)20-8-12-25-24(17-20)35-26(37(25)2)18-34-21-9-6-19(7-10-21)31(32)36-44-29(41)15-13-27(38)39/h4-10,12,16-17,34H,3,11,13-15,18H2,1-2H3,(H2,32,36)(H,38,39). The Morgan fingerprint density at radius 1 is 1.00 bits per heavy atom. The topological polar surface area (TPSA) is 188 Å². The number of oxime groups is 1. The number of nitrogens with one attached hydrogen (secondary N) is 1. The normalized spacial score (nSPS) is 11.3. The lowest BCUT2D eigenvalue weighted by Gasteiger charge is -2.08. The van der Waals surface area contributed by atoms with Crippen LogP contribution >= 0.6 is 0 Å². The number of anilines is 1. The molecular formula is C31H32N6O7. The summed E-state index contributed by atoms with van der Waals surface area (Å²) < 4.78 is 6.93. The Labute approximate surface area is 252 Å². The number of carboxylic acid groups (broad SMARTS) is 1. The van der Waals surface area contributed by atoms with Gasteiger partial charge in [0.2, 0.25) is 0 Å². The number of carboxylic acids is 1. The highest BCUT2D eigenvalue weighted by molar-refractivity contribution is 6.11. The molecule has 0 saturated heterocycles. The van der Waals surface area contributed by atoms with Gasteiger partial charge in [0, 0.05) is 42.0 Å². The van der Waals surface area contributed by atoms with Gasteiger partial charge in [-0.3, -0.25) is 19.4 Å². The predicted molar refractivity (Wildman–Crippen MR) is 161 cm³/mol. The zero-order chi connectivity index (χ0) is 31.6. The second-order valence-corrected chi connectivity index (χ2v) is 9.69. The Morgan fingerprint density at radius 2 is 1.75 bits per heavy atom. The molecule has 2 heterocycles. The summed E-state index contributed by atoms with van der Waals surface area (Å²) in [7, 11) is 1.89. The van der Waals surface area contributed by atoms with Crippen LogP contribution in [0.4, 0.5) is 5.69 Å². The van der Waals surface area contributed by atoms with Gasteiger partial charge in [-0.05, 0) is 61.5 Å². The van der Waals surface area contributed by atoms with E-state index in [0.717, 1.165) is 17.0 Å². The number of pyridine rings is 1. The van der Waals surface area contributed by atoms with Crippen molar-refractivity contribution in [2.75, 3.05) is 11.9 Å². The summed E-state index contributed by atoms with van der Waals surface area (Å²) in [5.41, 5.74) is 10.1. The molecule has 0 radical (unpaired) electrons. The number of aryl methyl sites for hydroxylation is 2. The molecule has 0 atom stereocenters. The lowest BCUT2D eigenvalue weighted by molar-refractivity contribution is -0.147. The van der Waals surface area contributed by atoms with Crippen LogP contribution in [0.15, 0.2) is 65.9 Å². The molecule has 0 saturated carbocycles. The van der Waals surface area contributed by atoms with E-state index in [-0.39, 0.29) is 36.9 Å². The van der Waals surface area contributed by atoms with Crippen molar-refractivity contribution < 1.29 is 33.9 Å². The van der Waals surface area contributed by atoms with Crippen LogP contribution in [0.5, 0.6) is 0 Å². The van der Waals surface area contributed by atoms with Crippen molar-refractivity contribution in [3.63, 3.8) is 0 Å². The zero-order valence-corrected chi connectivity index (χ0v) is 24.3. The van der Waals surface area contributed by atoms with Crippen LogP contribution in [-0.2, 0) is 44.0 Å². The molecule has 13 nitrogen and oxygen atoms in total. The smallest absolute Gasteiger partial charge is 0.335 e. The average Bonchev–Trinajstić information content (AvgIpc) is 3.35. The number of benzene rings is 2. The molecule has 0 amide bonds. The highest BCUT2D eigenvalue weighted by atomic mass is 16.7. The van der Waals surface area contributed by atoms with Crippen molar-refractivity contribution in [1.82, 2.24) is 14.5 Å². The number of ether oxygens (including phenoxy) is 1. The quantitative estimate of drug-likeness (QED) is 0.0481. The van der Waals surface area contributed by atoms with Gasteiger partial charge in [-0.1, -0.05) is 5.16 Å². The van der Waals surface area contributed by atoms with Gasteiger partial charge in [0.1, 0.15) is 5.82 Å². The van der Waals surface area contributed by atoms with E-state index in [1.165, 1.54) is 0 Å². The highest BCUT2D eigenvalue weighted by Gasteiger charge is 2.18. The molecule has 4 rings (SSSR count). The van der Waals surface area contributed by atoms with Crippen molar-refractivity contribution in [3.8, 4) is 0 Å². The Morgan fingerprint density at radius 3 is 2.48 bits per heavy atom. The summed E-state index contributed by atoms with van der Waals surface area (Å²) in [4.78, 5) is 61.0. The molecular weight excluding hydrogens is 568 g/mol. The number of rotatable bonds is 14. The van der Waals surface area contributed by atoms with Gasteiger partial charge in [-0.25, -0.2) is 9.78 Å². The van der Waals surface area contributed by atoms with Crippen LogP contribution in [0.25, 0.3) is 11.0 Å². The number of hydrogen-bond donors (Lipinski definition) is 3. The Hall–Kier alpha value is -5.59. The lowest BCUT2D eigenvalue weighted by atomic mass is 9.99. The minimum Gasteiger partial charge on any atom is -0.481 e. The van der Waals surface area contributed by atoms with E-state index in [2.05, 4.69) is 20.3 Å². The number of esters is 1. The van der Waals surface area contributed by atoms with Crippen molar-refractivity contribution >= 4 is 46.2 Å². The van der Waals surface area contributed by atoms with E-state index >= 15 is 0 Å². The van der Waals surface area contributed by atoms with Gasteiger partial charge in [-0.15, -0.1) is 0 Å². The van der Waals surface area contributed by atoms with Crippen LogP contribution in [0.2, 0.25) is 0 Å². The maximum atomic E-state index is 13.4. The first-order valence-electron chi connectivity index (χ1n) is 13.8. The number of amidine groups is 1. The SMILES string of the molecule is CCOC(=O)CCc1ncccc1C(=O)c1ccc2c(c1)nc(CNc1ccc(C(N)=NOC(=O)CCC(=O)O)cc1)n2C. The number of nitrogens with two attached hydrogens (primary N) is 1. The van der Waals surface area contributed by atoms with Crippen molar-refractivity contribution in [3.05, 3.63) is 89.0 Å². The van der Waals surface area contributed by atoms with E-state index in [9.17, 15) is 19.2 Å². The molecule has 228 valence electrons. The summed E-state index contributed by atoms with van der Waals surface area (Å²) >= 11 is 0. The van der Waals surface area contributed by atoms with Crippen LogP contribution in [0, 0.1) is 0 Å². The molecule has 0 fully saturated rings. The van der Waals surface area contributed by atoms with Crippen molar-refractivity contribution in [1.29, 1.82) is 0 Å². The van der Waals surface area contributed by atoms with Gasteiger partial charge in [0.25, 0.3) is 0 Å². The van der Waals surface area contributed by atoms with Crippen LogP contribution in [-0.4, -0.2) is 55.8 Å². The van der Waals surface area contributed by atoms with E-state index in [4.69, 9.17) is 20.6 Å². The number of hydrogen-bond acceptors (Lipinski definition) is 10. The van der Waals surface area contributed by atoms with Crippen molar-refractivity contribution in [2.45, 2.75) is 39.2 Å². The molecule has 44 heavy (non-hydrogen) atoms. The Kier molecular flexibility index (Phi) is 10.4. The van der Waals surface area contributed by atoms with E-state index in [0.29, 0.717) is 47.5 Å². The molecule has 0 aliphatic carbocycles. The van der Waals surface area contributed by atoms with Gasteiger partial charge < -0.3 is 30.3 Å². The summed E-state index contributed by atoms with van der Waals surface area (Å²) in [5, 5.41) is 15.5. The summed E-state index contributed by atoms with van der Waals surface area (Å²) in [6.07, 6.45) is 1.36. The minimum atomic E-state index is -1.11. The number of aliphatic carboxylic acids is 1. The van der Waals surface area contributed by atoms with Gasteiger partial charge in [0.15, 0.2) is 11.6 Å². The second-order valence-electron chi connectivity index (χ2n) is 9.69. The highest BCUT2D eigenvalue weighted by Crippen LogP contribution is 2.21. The zero-order valence-electron chi connectivity index (χ0n) is 24.3. The van der Waals surface area contributed by atoms with Crippen LogP contribution < -0.4 is 11.1 Å². The molecule has 0 aliphatic heterocycles. The molecule has 4 aromatic rings. The van der Waals surface area contributed by atoms with Crippen LogP contribution in [0.1, 0.15) is 59.2 Å². The number of carbonyl (C=O) groups excluding carboxylic acids is 3. The van der Waals surface area contributed by atoms with E-state index in [1.54, 1.807) is 61.7 Å². The maximum absolute atomic E-state index is 13.4. The number of fused-ring (bicyclic) bond motifs is 1. The molecule has 4 N–H and O–H groups in total. The summed E-state index contributed by atoms with van der Waals surface area (Å²) in [5.74, 6) is -1.74. The summed E-state index contributed by atoms with van der Waals surface area (Å²) in [6, 6.07) is 15.7. The number of imidazole rings is 1. The monoisotopic (exact) mass is 600 g/mol. The molecule has 13 heteroatoms. The fourth-order valence-electron chi connectivity index (χ4n) is 4.35. The fraction of sp³-hybridized carbons (Fsp3) is 0.258. The molecule has 0 aliphatic rings. The number of aromatic nitrogens is 3. The van der Waals surface area contributed by atoms with Gasteiger partial charge in [-0.2, -0.15) is 0 Å². The number of carbonyl (C=O) groups is 4.